The monoisotopic (exact) mass is 393 g/mol. The van der Waals surface area contributed by atoms with Crippen LogP contribution in [0.4, 0.5) is 11.4 Å². The van der Waals surface area contributed by atoms with Crippen LogP contribution in [0.25, 0.3) is 0 Å². The summed E-state index contributed by atoms with van der Waals surface area (Å²) in [5.41, 5.74) is 0.350. The molecule has 146 valence electrons. The predicted molar refractivity (Wildman–Crippen MR) is 100.0 cm³/mol. The Kier molecular flexibility index (Phi) is 5.23. The van der Waals surface area contributed by atoms with Gasteiger partial charge in [-0.05, 0) is 36.5 Å². The summed E-state index contributed by atoms with van der Waals surface area (Å²) in [7, 11) is -3.77. The number of benzene rings is 1. The first-order valence-electron chi connectivity index (χ1n) is 8.94. The van der Waals surface area contributed by atoms with Gasteiger partial charge in [-0.15, -0.1) is 0 Å². The van der Waals surface area contributed by atoms with Crippen LogP contribution in [0.2, 0.25) is 0 Å². The van der Waals surface area contributed by atoms with Crippen LogP contribution < -0.4 is 16.0 Å². The first-order valence-corrected chi connectivity index (χ1v) is 10.6. The molecular weight excluding hydrogens is 370 g/mol. The van der Waals surface area contributed by atoms with E-state index in [1.54, 1.807) is 0 Å². The first kappa shape index (κ1) is 19.3. The molecule has 1 fully saturated rings. The van der Waals surface area contributed by atoms with E-state index in [2.05, 4.69) is 22.9 Å². The van der Waals surface area contributed by atoms with E-state index in [-0.39, 0.29) is 21.7 Å². The van der Waals surface area contributed by atoms with Crippen LogP contribution in [-0.2, 0) is 24.2 Å². The van der Waals surface area contributed by atoms with E-state index in [1.807, 2.05) is 0 Å². The van der Waals surface area contributed by atoms with Gasteiger partial charge in [0.2, 0.25) is 5.91 Å². The summed E-state index contributed by atoms with van der Waals surface area (Å²) in [4.78, 5) is 35.6. The Morgan fingerprint density at radius 3 is 2.56 bits per heavy atom. The van der Waals surface area contributed by atoms with Crippen molar-refractivity contribution in [2.45, 2.75) is 43.9 Å². The van der Waals surface area contributed by atoms with Gasteiger partial charge in [-0.25, -0.2) is 8.42 Å². The van der Waals surface area contributed by atoms with E-state index in [4.69, 9.17) is 0 Å². The molecule has 1 saturated carbocycles. The summed E-state index contributed by atoms with van der Waals surface area (Å²) in [6, 6.07) is 4.08. The summed E-state index contributed by atoms with van der Waals surface area (Å²) in [5, 5.41) is 7.55. The van der Waals surface area contributed by atoms with Crippen molar-refractivity contribution in [3.8, 4) is 0 Å². The minimum absolute atomic E-state index is 0.00625. The first-order chi connectivity index (χ1) is 12.7. The molecule has 0 unspecified atom stereocenters. The van der Waals surface area contributed by atoms with Crippen molar-refractivity contribution in [1.29, 1.82) is 0 Å². The van der Waals surface area contributed by atoms with Crippen molar-refractivity contribution < 1.29 is 22.8 Å². The largest absolute Gasteiger partial charge is 0.347 e. The average molecular weight is 393 g/mol. The zero-order valence-corrected chi connectivity index (χ0v) is 15.9. The van der Waals surface area contributed by atoms with Crippen LogP contribution in [0.15, 0.2) is 23.1 Å². The van der Waals surface area contributed by atoms with Gasteiger partial charge in [-0.1, -0.05) is 26.2 Å². The van der Waals surface area contributed by atoms with Crippen LogP contribution in [0.1, 0.15) is 39.0 Å². The number of rotatable bonds is 3. The normalized spacial score (nSPS) is 20.1. The zero-order chi connectivity index (χ0) is 19.7. The van der Waals surface area contributed by atoms with Gasteiger partial charge in [0, 0.05) is 12.2 Å². The standard InChI is InChI=1S/C18H23N3O5S/c1-18(7-3-2-4-8-18)11-19-16(23)17(24)20-12-5-6-13-14(9-12)27(25,26)10-15(22)21-13/h5-6,9H,2-4,7-8,10-11H2,1H3,(H,19,23)(H,20,24)(H,21,22). The van der Waals surface area contributed by atoms with Gasteiger partial charge in [0.25, 0.3) is 0 Å². The van der Waals surface area contributed by atoms with Gasteiger partial charge >= 0.3 is 11.8 Å². The number of anilines is 2. The lowest BCUT2D eigenvalue weighted by Gasteiger charge is -2.33. The van der Waals surface area contributed by atoms with Crippen molar-refractivity contribution in [2.75, 3.05) is 22.9 Å². The summed E-state index contributed by atoms with van der Waals surface area (Å²) in [5.74, 6) is -2.85. The SMILES string of the molecule is CC1(CNC(=O)C(=O)Nc2ccc3c(c2)S(=O)(=O)CC(=O)N3)CCCCC1. The fourth-order valence-electron chi connectivity index (χ4n) is 3.54. The maximum Gasteiger partial charge on any atom is 0.313 e. The number of carbonyl (C=O) groups is 3. The molecule has 1 aromatic carbocycles. The van der Waals surface area contributed by atoms with Crippen LogP contribution in [0, 0.1) is 5.41 Å². The number of hydrogen-bond acceptors (Lipinski definition) is 5. The van der Waals surface area contributed by atoms with Crippen molar-refractivity contribution in [2.24, 2.45) is 5.41 Å². The van der Waals surface area contributed by atoms with Gasteiger partial charge < -0.3 is 16.0 Å². The molecule has 1 aromatic rings. The molecule has 3 amide bonds. The quantitative estimate of drug-likeness (QED) is 0.671. The van der Waals surface area contributed by atoms with E-state index < -0.39 is 33.3 Å². The highest BCUT2D eigenvalue weighted by Gasteiger charge is 2.30. The minimum atomic E-state index is -3.77. The third-order valence-corrected chi connectivity index (χ3v) is 6.76. The van der Waals surface area contributed by atoms with Crippen molar-refractivity contribution >= 4 is 38.9 Å². The van der Waals surface area contributed by atoms with Crippen LogP contribution >= 0.6 is 0 Å². The molecule has 0 bridgehead atoms. The topological polar surface area (TPSA) is 121 Å². The Morgan fingerprint density at radius 2 is 1.85 bits per heavy atom. The lowest BCUT2D eigenvalue weighted by atomic mass is 9.76. The van der Waals surface area contributed by atoms with Crippen molar-refractivity contribution in [3.63, 3.8) is 0 Å². The molecular formula is C18H23N3O5S. The minimum Gasteiger partial charge on any atom is -0.347 e. The third-order valence-electron chi connectivity index (χ3n) is 5.11. The summed E-state index contributed by atoms with van der Waals surface area (Å²) >= 11 is 0. The summed E-state index contributed by atoms with van der Waals surface area (Å²) in [6.07, 6.45) is 5.48. The molecule has 0 saturated heterocycles. The Morgan fingerprint density at radius 1 is 1.15 bits per heavy atom. The highest BCUT2D eigenvalue weighted by Crippen LogP contribution is 2.35. The second-order valence-electron chi connectivity index (χ2n) is 7.53. The third kappa shape index (κ3) is 4.47. The van der Waals surface area contributed by atoms with E-state index in [1.165, 1.54) is 24.6 Å². The smallest absolute Gasteiger partial charge is 0.313 e. The molecule has 0 spiro atoms. The molecule has 2 aliphatic rings. The Bertz CT molecular complexity index is 888. The maximum atomic E-state index is 12.1. The molecule has 27 heavy (non-hydrogen) atoms. The summed E-state index contributed by atoms with van der Waals surface area (Å²) < 4.78 is 24.2. The molecule has 3 rings (SSSR count). The fourth-order valence-corrected chi connectivity index (χ4v) is 4.87. The molecule has 0 atom stereocenters. The molecule has 3 N–H and O–H groups in total. The maximum absolute atomic E-state index is 12.1. The fraction of sp³-hybridized carbons (Fsp3) is 0.500. The molecule has 8 nitrogen and oxygen atoms in total. The van der Waals surface area contributed by atoms with Gasteiger partial charge in [-0.3, -0.25) is 14.4 Å². The molecule has 1 heterocycles. The number of nitrogens with one attached hydrogen (secondary N) is 3. The van der Waals surface area contributed by atoms with Crippen molar-refractivity contribution in [3.05, 3.63) is 18.2 Å². The van der Waals surface area contributed by atoms with E-state index in [0.29, 0.717) is 6.54 Å². The van der Waals surface area contributed by atoms with E-state index >= 15 is 0 Å². The van der Waals surface area contributed by atoms with Gasteiger partial charge in [0.15, 0.2) is 9.84 Å². The Balaban J connectivity index is 1.64. The van der Waals surface area contributed by atoms with Crippen LogP contribution in [0.5, 0.6) is 0 Å². The van der Waals surface area contributed by atoms with Crippen LogP contribution in [-0.4, -0.2) is 38.4 Å². The number of fused-ring (bicyclic) bond motifs is 1. The molecule has 0 radical (unpaired) electrons. The zero-order valence-electron chi connectivity index (χ0n) is 15.1. The second kappa shape index (κ2) is 7.30. The Hall–Kier alpha value is -2.42. The molecule has 9 heteroatoms. The number of amides is 3. The number of hydrogen-bond donors (Lipinski definition) is 3. The van der Waals surface area contributed by atoms with Crippen molar-refractivity contribution in [1.82, 2.24) is 5.32 Å². The van der Waals surface area contributed by atoms with Gasteiger partial charge in [-0.2, -0.15) is 0 Å². The highest BCUT2D eigenvalue weighted by molar-refractivity contribution is 7.92. The Labute approximate surface area is 158 Å². The predicted octanol–water partition coefficient (Wildman–Crippen LogP) is 1.44. The highest BCUT2D eigenvalue weighted by atomic mass is 32.2. The van der Waals surface area contributed by atoms with E-state index in [9.17, 15) is 22.8 Å². The van der Waals surface area contributed by atoms with E-state index in [0.717, 1.165) is 25.7 Å². The molecule has 1 aliphatic heterocycles. The van der Waals surface area contributed by atoms with Gasteiger partial charge in [0.05, 0.1) is 10.6 Å². The second-order valence-corrected chi connectivity index (χ2v) is 9.48. The van der Waals surface area contributed by atoms with Crippen LogP contribution in [0.3, 0.4) is 0 Å². The lowest BCUT2D eigenvalue weighted by Crippen LogP contribution is -2.42. The average Bonchev–Trinajstić information content (AvgIpc) is 2.60. The lowest BCUT2D eigenvalue weighted by molar-refractivity contribution is -0.136. The summed E-state index contributed by atoms with van der Waals surface area (Å²) in [6.45, 7) is 2.54. The molecule has 1 aliphatic carbocycles. The van der Waals surface area contributed by atoms with Gasteiger partial charge in [0.1, 0.15) is 5.75 Å². The number of sulfone groups is 1. The number of carbonyl (C=O) groups excluding carboxylic acids is 3. The molecule has 0 aromatic heterocycles.